The van der Waals surface area contributed by atoms with E-state index in [1.807, 2.05) is 0 Å². The van der Waals surface area contributed by atoms with E-state index in [0.29, 0.717) is 23.8 Å². The lowest BCUT2D eigenvalue weighted by molar-refractivity contribution is -0.116. The predicted molar refractivity (Wildman–Crippen MR) is 95.7 cm³/mol. The number of benzene rings is 2. The molecule has 0 aliphatic carbocycles. The van der Waals surface area contributed by atoms with Gasteiger partial charge in [-0.05, 0) is 55.3 Å². The number of hydrogen-bond donors (Lipinski definition) is 0. The smallest absolute Gasteiger partial charge is 0.339 e. The highest BCUT2D eigenvalue weighted by Gasteiger charge is 2.17. The SMILES string of the molecule is CC(=O)CCc1ccc(OS(=O)(=O)c2ccc3oc(=O)ccc3c2)cc1. The molecule has 0 saturated heterocycles. The van der Waals surface area contributed by atoms with E-state index >= 15 is 0 Å². The first-order valence-electron chi connectivity index (χ1n) is 7.90. The maximum absolute atomic E-state index is 12.5. The molecule has 0 aliphatic heterocycles. The largest absolute Gasteiger partial charge is 0.423 e. The van der Waals surface area contributed by atoms with Crippen LogP contribution in [0.1, 0.15) is 18.9 Å². The third-order valence-corrected chi connectivity index (χ3v) is 5.02. The van der Waals surface area contributed by atoms with E-state index in [4.69, 9.17) is 8.60 Å². The third kappa shape index (κ3) is 4.18. The van der Waals surface area contributed by atoms with Crippen LogP contribution in [0, 0.1) is 0 Å². The number of carbonyl (C=O) groups is 1. The Kier molecular flexibility index (Phi) is 4.90. The highest BCUT2D eigenvalue weighted by Crippen LogP contribution is 2.22. The Hall–Kier alpha value is -2.93. The second-order valence-corrected chi connectivity index (χ2v) is 7.38. The summed E-state index contributed by atoms with van der Waals surface area (Å²) in [4.78, 5) is 22.2. The monoisotopic (exact) mass is 372 g/mol. The molecule has 0 bridgehead atoms. The number of ketones is 1. The topological polar surface area (TPSA) is 90.7 Å². The summed E-state index contributed by atoms with van der Waals surface area (Å²) in [5.41, 5.74) is 0.714. The Labute approximate surface area is 150 Å². The predicted octanol–water partition coefficient (Wildman–Crippen LogP) is 3.08. The molecular formula is C19H16O6S. The maximum atomic E-state index is 12.5. The second-order valence-electron chi connectivity index (χ2n) is 5.84. The van der Waals surface area contributed by atoms with Crippen molar-refractivity contribution < 1.29 is 21.8 Å². The van der Waals surface area contributed by atoms with Crippen LogP contribution in [0.15, 0.2) is 68.7 Å². The number of hydrogen-bond acceptors (Lipinski definition) is 6. The summed E-state index contributed by atoms with van der Waals surface area (Å²) < 4.78 is 35.0. The van der Waals surface area contributed by atoms with Crippen molar-refractivity contribution >= 4 is 26.9 Å². The number of aryl methyl sites for hydroxylation is 1. The van der Waals surface area contributed by atoms with Crippen LogP contribution in [0.3, 0.4) is 0 Å². The zero-order chi connectivity index (χ0) is 18.7. The van der Waals surface area contributed by atoms with Crippen molar-refractivity contribution in [1.29, 1.82) is 0 Å². The van der Waals surface area contributed by atoms with Gasteiger partial charge in [0.05, 0.1) is 0 Å². The Morgan fingerprint density at radius 1 is 1.04 bits per heavy atom. The molecule has 1 heterocycles. The number of fused-ring (bicyclic) bond motifs is 1. The average molecular weight is 372 g/mol. The standard InChI is InChI=1S/C19H16O6S/c1-13(20)2-3-14-4-7-16(8-5-14)25-26(22,23)17-9-10-18-15(12-17)6-11-19(21)24-18/h4-12H,2-3H2,1H3. The first-order chi connectivity index (χ1) is 12.3. The maximum Gasteiger partial charge on any atom is 0.339 e. The van der Waals surface area contributed by atoms with Gasteiger partial charge in [0.15, 0.2) is 0 Å². The van der Waals surface area contributed by atoms with Gasteiger partial charge in [0.2, 0.25) is 0 Å². The van der Waals surface area contributed by atoms with Crippen molar-refractivity contribution in [2.75, 3.05) is 0 Å². The van der Waals surface area contributed by atoms with Crippen LogP contribution in [-0.2, 0) is 21.3 Å². The highest BCUT2D eigenvalue weighted by atomic mass is 32.2. The van der Waals surface area contributed by atoms with Crippen molar-refractivity contribution in [2.24, 2.45) is 0 Å². The lowest BCUT2D eigenvalue weighted by Gasteiger charge is -2.08. The van der Waals surface area contributed by atoms with Gasteiger partial charge in [0, 0.05) is 17.9 Å². The Morgan fingerprint density at radius 3 is 2.46 bits per heavy atom. The van der Waals surface area contributed by atoms with E-state index in [2.05, 4.69) is 0 Å². The minimum atomic E-state index is -4.03. The fraction of sp³-hybridized carbons (Fsp3) is 0.158. The van der Waals surface area contributed by atoms with E-state index in [1.165, 1.54) is 37.3 Å². The molecule has 0 fully saturated rings. The van der Waals surface area contributed by atoms with Gasteiger partial charge in [-0.2, -0.15) is 8.42 Å². The second kappa shape index (κ2) is 7.13. The van der Waals surface area contributed by atoms with Gasteiger partial charge in [0.25, 0.3) is 0 Å². The van der Waals surface area contributed by atoms with Crippen LogP contribution in [0.4, 0.5) is 0 Å². The molecule has 0 spiro atoms. The normalized spacial score (nSPS) is 11.4. The van der Waals surface area contributed by atoms with Gasteiger partial charge in [-0.1, -0.05) is 12.1 Å². The van der Waals surface area contributed by atoms with Gasteiger partial charge >= 0.3 is 15.7 Å². The van der Waals surface area contributed by atoms with E-state index in [0.717, 1.165) is 5.56 Å². The Bertz CT molecular complexity index is 1110. The Balaban J connectivity index is 1.81. The molecule has 1 aromatic heterocycles. The summed E-state index contributed by atoms with van der Waals surface area (Å²) in [6.45, 7) is 1.53. The molecule has 3 aromatic rings. The fourth-order valence-corrected chi connectivity index (χ4v) is 3.38. The zero-order valence-corrected chi connectivity index (χ0v) is 14.8. The van der Waals surface area contributed by atoms with Crippen LogP contribution in [-0.4, -0.2) is 14.2 Å². The molecule has 0 N–H and O–H groups in total. The molecule has 0 saturated carbocycles. The molecule has 7 heteroatoms. The van der Waals surface area contributed by atoms with Crippen LogP contribution in [0.5, 0.6) is 5.75 Å². The lowest BCUT2D eigenvalue weighted by Crippen LogP contribution is -2.10. The summed E-state index contributed by atoms with van der Waals surface area (Å²) in [6.07, 6.45) is 1.03. The van der Waals surface area contributed by atoms with E-state index in [1.54, 1.807) is 24.3 Å². The number of Topliss-reactive ketones (excluding diaryl/α,β-unsaturated/α-hetero) is 1. The van der Waals surface area contributed by atoms with Gasteiger partial charge < -0.3 is 13.4 Å². The molecular weight excluding hydrogens is 356 g/mol. The van der Waals surface area contributed by atoms with Crippen LogP contribution in [0.2, 0.25) is 0 Å². The van der Waals surface area contributed by atoms with Gasteiger partial charge in [0.1, 0.15) is 22.0 Å². The quantitative estimate of drug-likeness (QED) is 0.488. The number of carbonyl (C=O) groups excluding carboxylic acids is 1. The van der Waals surface area contributed by atoms with Crippen molar-refractivity contribution in [2.45, 2.75) is 24.7 Å². The molecule has 134 valence electrons. The summed E-state index contributed by atoms with van der Waals surface area (Å²) in [7, 11) is -4.03. The highest BCUT2D eigenvalue weighted by molar-refractivity contribution is 7.87. The average Bonchev–Trinajstić information content (AvgIpc) is 2.60. The number of rotatable bonds is 6. The van der Waals surface area contributed by atoms with Crippen molar-refractivity contribution in [1.82, 2.24) is 0 Å². The van der Waals surface area contributed by atoms with Crippen LogP contribution >= 0.6 is 0 Å². The summed E-state index contributed by atoms with van der Waals surface area (Å²) in [5, 5.41) is 0.480. The molecule has 3 rings (SSSR count). The van der Waals surface area contributed by atoms with Gasteiger partial charge in [-0.15, -0.1) is 0 Å². The summed E-state index contributed by atoms with van der Waals surface area (Å²) in [6, 6.07) is 13.4. The first-order valence-corrected chi connectivity index (χ1v) is 9.31. The van der Waals surface area contributed by atoms with Gasteiger partial charge in [-0.25, -0.2) is 4.79 Å². The molecule has 0 aliphatic rings. The van der Waals surface area contributed by atoms with Crippen LogP contribution in [0.25, 0.3) is 11.0 Å². The lowest BCUT2D eigenvalue weighted by atomic mass is 10.1. The van der Waals surface area contributed by atoms with Crippen LogP contribution < -0.4 is 9.81 Å². The summed E-state index contributed by atoms with van der Waals surface area (Å²) >= 11 is 0. The Morgan fingerprint density at radius 2 is 1.77 bits per heavy atom. The minimum Gasteiger partial charge on any atom is -0.423 e. The molecule has 0 amide bonds. The molecule has 6 nitrogen and oxygen atoms in total. The molecule has 0 radical (unpaired) electrons. The van der Waals surface area contributed by atoms with Crippen molar-refractivity contribution in [3.63, 3.8) is 0 Å². The van der Waals surface area contributed by atoms with Crippen molar-refractivity contribution in [3.8, 4) is 5.75 Å². The van der Waals surface area contributed by atoms with E-state index in [-0.39, 0.29) is 16.4 Å². The molecule has 0 unspecified atom stereocenters. The molecule has 26 heavy (non-hydrogen) atoms. The zero-order valence-electron chi connectivity index (χ0n) is 14.0. The van der Waals surface area contributed by atoms with E-state index < -0.39 is 15.7 Å². The first kappa shape index (κ1) is 17.9. The third-order valence-electron chi connectivity index (χ3n) is 3.77. The van der Waals surface area contributed by atoms with E-state index in [9.17, 15) is 18.0 Å². The minimum absolute atomic E-state index is 0.0421. The van der Waals surface area contributed by atoms with Gasteiger partial charge in [-0.3, -0.25) is 0 Å². The molecule has 2 aromatic carbocycles. The van der Waals surface area contributed by atoms with Crippen molar-refractivity contribution in [3.05, 3.63) is 70.6 Å². The fourth-order valence-electron chi connectivity index (χ4n) is 2.41. The molecule has 0 atom stereocenters. The summed E-state index contributed by atoms with van der Waals surface area (Å²) in [5.74, 6) is 0.274.